The van der Waals surface area contributed by atoms with Crippen molar-refractivity contribution in [2.45, 2.75) is 33.1 Å². The van der Waals surface area contributed by atoms with Gasteiger partial charge in [0.1, 0.15) is 12.5 Å². The monoisotopic (exact) mass is 501 g/mol. The van der Waals surface area contributed by atoms with Crippen molar-refractivity contribution in [3.8, 4) is 0 Å². The number of ketones is 1. The summed E-state index contributed by atoms with van der Waals surface area (Å²) in [5.74, 6) is -2.40. The second kappa shape index (κ2) is 11.6. The number of allylic oxidation sites excluding steroid dienone is 3. The van der Waals surface area contributed by atoms with Gasteiger partial charge in [-0.1, -0.05) is 26.0 Å². The molecule has 1 heterocycles. The standard InChI is InChI=1S/C26H31NO7S/c1-6-35-12-11-34-26(31)20-15(3)27-18-13-14(2)19(25(30)33-5)23(28)22(18)21(20)16-7-9-17(10-8-16)24(29)32-4/h7-10,14,19,21,27H,6,11-13H2,1-5H3/t14-,19-,21+/m1/s1. The van der Waals surface area contributed by atoms with E-state index in [-0.39, 0.29) is 18.3 Å². The van der Waals surface area contributed by atoms with Crippen molar-refractivity contribution in [1.29, 1.82) is 0 Å². The number of dihydropyridines is 1. The van der Waals surface area contributed by atoms with Crippen LogP contribution in [0.15, 0.2) is 46.8 Å². The van der Waals surface area contributed by atoms with Gasteiger partial charge in [0, 0.05) is 28.6 Å². The highest BCUT2D eigenvalue weighted by Crippen LogP contribution is 2.45. The van der Waals surface area contributed by atoms with Crippen molar-refractivity contribution < 1.29 is 33.4 Å². The van der Waals surface area contributed by atoms with Crippen LogP contribution in [0, 0.1) is 11.8 Å². The lowest BCUT2D eigenvalue weighted by Crippen LogP contribution is -2.43. The minimum Gasteiger partial charge on any atom is -0.468 e. The summed E-state index contributed by atoms with van der Waals surface area (Å²) >= 11 is 1.66. The fraction of sp³-hybridized carbons (Fsp3) is 0.462. The number of Topliss-reactive ketones (excluding diaryl/α,β-unsaturated/α-hetero) is 1. The van der Waals surface area contributed by atoms with Gasteiger partial charge in [-0.25, -0.2) is 9.59 Å². The van der Waals surface area contributed by atoms with Crippen LogP contribution in [0.3, 0.4) is 0 Å². The normalized spacial score (nSPS) is 21.7. The van der Waals surface area contributed by atoms with E-state index >= 15 is 0 Å². The Kier molecular flexibility index (Phi) is 8.77. The number of hydrogen-bond donors (Lipinski definition) is 1. The highest BCUT2D eigenvalue weighted by molar-refractivity contribution is 7.99. The van der Waals surface area contributed by atoms with Gasteiger partial charge in [-0.2, -0.15) is 11.8 Å². The molecule has 0 saturated carbocycles. The van der Waals surface area contributed by atoms with Gasteiger partial charge < -0.3 is 19.5 Å². The highest BCUT2D eigenvalue weighted by atomic mass is 32.2. The van der Waals surface area contributed by atoms with Crippen LogP contribution in [-0.4, -0.2) is 56.0 Å². The molecule has 8 nitrogen and oxygen atoms in total. The molecule has 1 aliphatic carbocycles. The zero-order chi connectivity index (χ0) is 25.7. The van der Waals surface area contributed by atoms with Crippen molar-refractivity contribution in [3.05, 3.63) is 57.9 Å². The number of carbonyl (C=O) groups is 4. The molecule has 0 bridgehead atoms. The molecule has 9 heteroatoms. The summed E-state index contributed by atoms with van der Waals surface area (Å²) in [5, 5.41) is 3.23. The van der Waals surface area contributed by atoms with Crippen molar-refractivity contribution >= 4 is 35.5 Å². The van der Waals surface area contributed by atoms with Gasteiger partial charge in [-0.15, -0.1) is 0 Å². The SMILES string of the molecule is CCSCCOC(=O)C1=C(C)NC2=C(C(=O)[C@H](C(=O)OC)[C@H](C)C2)[C@H]1c1ccc(C(=O)OC)cc1. The third-order valence-electron chi connectivity index (χ3n) is 6.29. The van der Waals surface area contributed by atoms with E-state index in [1.165, 1.54) is 14.2 Å². The third-order valence-corrected chi connectivity index (χ3v) is 7.16. The molecule has 2 aliphatic rings. The summed E-state index contributed by atoms with van der Waals surface area (Å²) in [5.41, 5.74) is 2.91. The van der Waals surface area contributed by atoms with Gasteiger partial charge >= 0.3 is 17.9 Å². The fourth-order valence-electron chi connectivity index (χ4n) is 4.63. The number of benzene rings is 1. The van der Waals surface area contributed by atoms with Crippen LogP contribution >= 0.6 is 11.8 Å². The minimum absolute atomic E-state index is 0.240. The zero-order valence-corrected chi connectivity index (χ0v) is 21.5. The Balaban J connectivity index is 2.08. The topological polar surface area (TPSA) is 108 Å². The Morgan fingerprint density at radius 3 is 2.37 bits per heavy atom. The van der Waals surface area contributed by atoms with Crippen molar-refractivity contribution in [2.75, 3.05) is 32.3 Å². The molecule has 0 radical (unpaired) electrons. The van der Waals surface area contributed by atoms with Gasteiger partial charge in [0.2, 0.25) is 0 Å². The summed E-state index contributed by atoms with van der Waals surface area (Å²) < 4.78 is 15.3. The van der Waals surface area contributed by atoms with E-state index in [1.807, 2.05) is 13.8 Å². The molecule has 3 rings (SSSR count). The number of ether oxygens (including phenoxy) is 3. The van der Waals surface area contributed by atoms with Crippen LogP contribution < -0.4 is 5.32 Å². The second-order valence-corrected chi connectivity index (χ2v) is 9.88. The lowest BCUT2D eigenvalue weighted by atomic mass is 9.69. The Morgan fingerprint density at radius 1 is 1.09 bits per heavy atom. The average Bonchev–Trinajstić information content (AvgIpc) is 2.85. The molecular weight excluding hydrogens is 470 g/mol. The highest BCUT2D eigenvalue weighted by Gasteiger charge is 2.47. The lowest BCUT2D eigenvalue weighted by Gasteiger charge is -2.38. The van der Waals surface area contributed by atoms with Gasteiger partial charge in [0.15, 0.2) is 5.78 Å². The molecule has 0 amide bonds. The largest absolute Gasteiger partial charge is 0.468 e. The number of esters is 3. The van der Waals surface area contributed by atoms with Crippen LogP contribution in [0.4, 0.5) is 0 Å². The smallest absolute Gasteiger partial charge is 0.337 e. The predicted molar refractivity (Wildman–Crippen MR) is 132 cm³/mol. The minimum atomic E-state index is -0.964. The molecular formula is C26H31NO7S. The van der Waals surface area contributed by atoms with Gasteiger partial charge in [0.25, 0.3) is 0 Å². The molecule has 0 fully saturated rings. The first-order chi connectivity index (χ1) is 16.7. The molecule has 188 valence electrons. The first-order valence-electron chi connectivity index (χ1n) is 11.5. The average molecular weight is 502 g/mol. The molecule has 0 saturated heterocycles. The Labute approximate surface area is 209 Å². The van der Waals surface area contributed by atoms with Crippen LogP contribution in [0.2, 0.25) is 0 Å². The molecule has 0 spiro atoms. The number of methoxy groups -OCH3 is 2. The zero-order valence-electron chi connectivity index (χ0n) is 20.6. The Hall–Kier alpha value is -3.07. The number of rotatable bonds is 8. The molecule has 1 N–H and O–H groups in total. The fourth-order valence-corrected chi connectivity index (χ4v) is 5.12. The molecule has 0 aromatic heterocycles. The maximum absolute atomic E-state index is 13.7. The summed E-state index contributed by atoms with van der Waals surface area (Å²) in [6.45, 7) is 5.88. The Morgan fingerprint density at radius 2 is 1.77 bits per heavy atom. The van der Waals surface area contributed by atoms with E-state index in [0.717, 1.165) is 5.75 Å². The molecule has 1 aliphatic heterocycles. The van der Waals surface area contributed by atoms with Crippen LogP contribution in [0.5, 0.6) is 0 Å². The van der Waals surface area contributed by atoms with Crippen molar-refractivity contribution in [3.63, 3.8) is 0 Å². The number of nitrogens with one attached hydrogen (secondary N) is 1. The number of carbonyl (C=O) groups excluding carboxylic acids is 4. The second-order valence-electron chi connectivity index (χ2n) is 8.48. The lowest BCUT2D eigenvalue weighted by molar-refractivity contribution is -0.151. The van der Waals surface area contributed by atoms with E-state index in [4.69, 9.17) is 14.2 Å². The Bertz CT molecular complexity index is 1070. The molecule has 1 aromatic rings. The van der Waals surface area contributed by atoms with Gasteiger partial charge in [-0.3, -0.25) is 9.59 Å². The maximum atomic E-state index is 13.7. The van der Waals surface area contributed by atoms with Gasteiger partial charge in [0.05, 0.1) is 25.4 Å². The number of hydrogen-bond acceptors (Lipinski definition) is 9. The summed E-state index contributed by atoms with van der Waals surface area (Å²) in [7, 11) is 2.56. The van der Waals surface area contributed by atoms with E-state index in [2.05, 4.69) is 5.32 Å². The van der Waals surface area contributed by atoms with Crippen LogP contribution in [-0.2, 0) is 28.6 Å². The first kappa shape index (κ1) is 26.5. The number of thioether (sulfide) groups is 1. The quantitative estimate of drug-likeness (QED) is 0.248. The summed E-state index contributed by atoms with van der Waals surface area (Å²) in [6, 6.07) is 6.57. The van der Waals surface area contributed by atoms with E-state index in [0.29, 0.717) is 45.8 Å². The van der Waals surface area contributed by atoms with Crippen molar-refractivity contribution in [1.82, 2.24) is 5.32 Å². The van der Waals surface area contributed by atoms with Crippen molar-refractivity contribution in [2.24, 2.45) is 11.8 Å². The molecule has 1 aromatic carbocycles. The summed E-state index contributed by atoms with van der Waals surface area (Å²) in [6.07, 6.45) is 0.449. The van der Waals surface area contributed by atoms with E-state index < -0.39 is 29.7 Å². The molecule has 3 atom stereocenters. The predicted octanol–water partition coefficient (Wildman–Crippen LogP) is 3.38. The van der Waals surface area contributed by atoms with Crippen LogP contribution in [0.1, 0.15) is 49.0 Å². The first-order valence-corrected chi connectivity index (χ1v) is 12.7. The molecule has 35 heavy (non-hydrogen) atoms. The van der Waals surface area contributed by atoms with Crippen LogP contribution in [0.25, 0.3) is 0 Å². The molecule has 0 unspecified atom stereocenters. The van der Waals surface area contributed by atoms with E-state index in [1.54, 1.807) is 43.0 Å². The maximum Gasteiger partial charge on any atom is 0.337 e. The summed E-state index contributed by atoms with van der Waals surface area (Å²) in [4.78, 5) is 51.4. The van der Waals surface area contributed by atoms with E-state index in [9.17, 15) is 19.2 Å². The third kappa shape index (κ3) is 5.45. The van der Waals surface area contributed by atoms with Gasteiger partial charge in [-0.05, 0) is 42.7 Å².